The molecule has 1 saturated carbocycles. The molecule has 1 aliphatic heterocycles. The SMILES string of the molecule is C[C@@H]1C(=O)NCCN1C(=O)N[C@H](c1ccc(OC(F)(F)F)c(F)c1)[C@H]1C[C@H](C(F)(F)F)C1. The topological polar surface area (TPSA) is 70.7 Å². The number of piperazine rings is 1. The number of hydrogen-bond acceptors (Lipinski definition) is 3. The lowest BCUT2D eigenvalue weighted by atomic mass is 9.69. The number of hydrogen-bond donors (Lipinski definition) is 2. The molecular formula is C19H20F7N3O3. The number of carbonyl (C=O) groups is 2. The number of amides is 3. The first-order valence-corrected chi connectivity index (χ1v) is 9.73. The van der Waals surface area contributed by atoms with E-state index in [9.17, 15) is 40.3 Å². The second-order valence-electron chi connectivity index (χ2n) is 7.80. The fraction of sp³-hybridized carbons (Fsp3) is 0.579. The Morgan fingerprint density at radius 3 is 2.44 bits per heavy atom. The smallest absolute Gasteiger partial charge is 0.403 e. The lowest BCUT2D eigenvalue weighted by molar-refractivity contribution is -0.275. The summed E-state index contributed by atoms with van der Waals surface area (Å²) in [5.41, 5.74) is -0.00915. The number of nitrogens with zero attached hydrogens (tertiary/aromatic N) is 1. The van der Waals surface area contributed by atoms with Crippen LogP contribution < -0.4 is 15.4 Å². The molecule has 0 bridgehead atoms. The summed E-state index contributed by atoms with van der Waals surface area (Å²) in [7, 11) is 0. The number of rotatable bonds is 4. The van der Waals surface area contributed by atoms with E-state index in [1.54, 1.807) is 0 Å². The standard InChI is InChI=1S/C19H20F7N3O3/c1-9-16(30)27-4-5-29(9)17(31)28-15(11-6-12(7-11)18(21,22)23)10-2-3-14(13(20)8-10)32-19(24,25)26/h2-3,8-9,11-12,15H,4-7H2,1H3,(H,27,30)(H,28,31)/t9-,11-,12-,15-/m1/s1. The molecule has 13 heteroatoms. The van der Waals surface area contributed by atoms with Gasteiger partial charge in [-0.05, 0) is 43.4 Å². The van der Waals surface area contributed by atoms with E-state index in [-0.39, 0.29) is 31.5 Å². The molecule has 3 amide bonds. The minimum Gasteiger partial charge on any atom is -0.403 e. The first-order chi connectivity index (χ1) is 14.8. The van der Waals surface area contributed by atoms with Crippen LogP contribution in [-0.4, -0.2) is 48.5 Å². The van der Waals surface area contributed by atoms with Crippen LogP contribution in [0.15, 0.2) is 18.2 Å². The van der Waals surface area contributed by atoms with Gasteiger partial charge in [0.2, 0.25) is 5.91 Å². The highest BCUT2D eigenvalue weighted by Gasteiger charge is 2.50. The highest BCUT2D eigenvalue weighted by atomic mass is 19.4. The Bertz CT molecular complexity index is 869. The summed E-state index contributed by atoms with van der Waals surface area (Å²) in [6, 6.07) is -0.236. The van der Waals surface area contributed by atoms with Crippen LogP contribution in [0, 0.1) is 17.7 Å². The van der Waals surface area contributed by atoms with Crippen molar-refractivity contribution in [1.29, 1.82) is 0 Å². The third kappa shape index (κ3) is 5.36. The van der Waals surface area contributed by atoms with Gasteiger partial charge in [-0.1, -0.05) is 6.07 Å². The van der Waals surface area contributed by atoms with Gasteiger partial charge in [0.25, 0.3) is 0 Å². The van der Waals surface area contributed by atoms with Gasteiger partial charge in [0.05, 0.1) is 12.0 Å². The molecule has 0 aromatic heterocycles. The summed E-state index contributed by atoms with van der Waals surface area (Å²) in [4.78, 5) is 25.7. The quantitative estimate of drug-likeness (QED) is 0.655. The molecule has 0 radical (unpaired) electrons. The van der Waals surface area contributed by atoms with Crippen molar-refractivity contribution in [3.63, 3.8) is 0 Å². The Kier molecular flexibility index (Phi) is 6.47. The molecule has 1 aromatic rings. The van der Waals surface area contributed by atoms with Gasteiger partial charge in [-0.2, -0.15) is 13.2 Å². The van der Waals surface area contributed by atoms with Crippen LogP contribution in [0.5, 0.6) is 5.75 Å². The normalized spacial score (nSPS) is 24.9. The summed E-state index contributed by atoms with van der Waals surface area (Å²) in [6.45, 7) is 1.79. The van der Waals surface area contributed by atoms with Crippen molar-refractivity contribution in [3.8, 4) is 5.75 Å². The van der Waals surface area contributed by atoms with Gasteiger partial charge in [0, 0.05) is 13.1 Å². The summed E-state index contributed by atoms with van der Waals surface area (Å²) in [6.07, 6.45) is -10.2. The van der Waals surface area contributed by atoms with Crippen LogP contribution >= 0.6 is 0 Å². The van der Waals surface area contributed by atoms with Crippen molar-refractivity contribution in [2.45, 2.75) is 44.4 Å². The molecule has 2 atom stereocenters. The van der Waals surface area contributed by atoms with Crippen molar-refractivity contribution in [1.82, 2.24) is 15.5 Å². The van der Waals surface area contributed by atoms with Crippen molar-refractivity contribution in [3.05, 3.63) is 29.6 Å². The first kappa shape index (κ1) is 23.9. The van der Waals surface area contributed by atoms with E-state index in [0.717, 1.165) is 6.07 Å². The van der Waals surface area contributed by atoms with Crippen LogP contribution in [0.1, 0.15) is 31.4 Å². The van der Waals surface area contributed by atoms with Crippen LogP contribution in [-0.2, 0) is 4.79 Å². The number of ether oxygens (including phenoxy) is 1. The summed E-state index contributed by atoms with van der Waals surface area (Å²) < 4.78 is 93.8. The molecule has 6 nitrogen and oxygen atoms in total. The van der Waals surface area contributed by atoms with Gasteiger partial charge < -0.3 is 20.3 Å². The van der Waals surface area contributed by atoms with Crippen molar-refractivity contribution in [2.75, 3.05) is 13.1 Å². The predicted octanol–water partition coefficient (Wildman–Crippen LogP) is 3.88. The second kappa shape index (κ2) is 8.66. The third-order valence-electron chi connectivity index (χ3n) is 5.69. The molecule has 0 spiro atoms. The van der Waals surface area contributed by atoms with E-state index in [1.807, 2.05) is 0 Å². The van der Waals surface area contributed by atoms with E-state index < -0.39 is 60.0 Å². The number of carbonyl (C=O) groups excluding carboxylic acids is 2. The van der Waals surface area contributed by atoms with E-state index >= 15 is 0 Å². The molecular weight excluding hydrogens is 451 g/mol. The van der Waals surface area contributed by atoms with Gasteiger partial charge in [-0.25, -0.2) is 9.18 Å². The lowest BCUT2D eigenvalue weighted by Crippen LogP contribution is -2.59. The largest absolute Gasteiger partial charge is 0.573 e. The molecule has 1 aromatic carbocycles. The number of alkyl halides is 6. The number of urea groups is 1. The summed E-state index contributed by atoms with van der Waals surface area (Å²) in [5, 5.41) is 5.09. The molecule has 1 aliphatic carbocycles. The Morgan fingerprint density at radius 2 is 1.88 bits per heavy atom. The van der Waals surface area contributed by atoms with E-state index in [0.29, 0.717) is 12.1 Å². The van der Waals surface area contributed by atoms with E-state index in [1.165, 1.54) is 11.8 Å². The van der Waals surface area contributed by atoms with Crippen LogP contribution in [0.25, 0.3) is 0 Å². The van der Waals surface area contributed by atoms with Crippen molar-refractivity contribution < 1.29 is 45.1 Å². The predicted molar refractivity (Wildman–Crippen MR) is 95.8 cm³/mol. The molecule has 2 N–H and O–H groups in total. The molecule has 0 unspecified atom stereocenters. The maximum atomic E-state index is 14.2. The van der Waals surface area contributed by atoms with E-state index in [2.05, 4.69) is 15.4 Å². The number of halogens is 7. The summed E-state index contributed by atoms with van der Waals surface area (Å²) in [5.74, 6) is -5.22. The Morgan fingerprint density at radius 1 is 1.22 bits per heavy atom. The van der Waals surface area contributed by atoms with Gasteiger partial charge >= 0.3 is 18.6 Å². The van der Waals surface area contributed by atoms with Gasteiger partial charge in [-0.3, -0.25) is 4.79 Å². The molecule has 178 valence electrons. The molecule has 32 heavy (non-hydrogen) atoms. The highest BCUT2D eigenvalue weighted by molar-refractivity contribution is 5.88. The fourth-order valence-corrected chi connectivity index (χ4v) is 3.87. The first-order valence-electron chi connectivity index (χ1n) is 9.73. The molecule has 2 aliphatic rings. The Balaban J connectivity index is 1.82. The highest BCUT2D eigenvalue weighted by Crippen LogP contribution is 2.49. The van der Waals surface area contributed by atoms with Crippen LogP contribution in [0.2, 0.25) is 0 Å². The summed E-state index contributed by atoms with van der Waals surface area (Å²) >= 11 is 0. The monoisotopic (exact) mass is 471 g/mol. The molecule has 1 saturated heterocycles. The number of benzene rings is 1. The maximum absolute atomic E-state index is 14.2. The average molecular weight is 471 g/mol. The fourth-order valence-electron chi connectivity index (χ4n) is 3.87. The zero-order chi connectivity index (χ0) is 23.8. The molecule has 2 fully saturated rings. The van der Waals surface area contributed by atoms with Gasteiger partial charge in [0.15, 0.2) is 11.6 Å². The van der Waals surface area contributed by atoms with Gasteiger partial charge in [0.1, 0.15) is 6.04 Å². The van der Waals surface area contributed by atoms with Crippen molar-refractivity contribution in [2.24, 2.45) is 11.8 Å². The second-order valence-corrected chi connectivity index (χ2v) is 7.80. The van der Waals surface area contributed by atoms with Crippen LogP contribution in [0.4, 0.5) is 35.5 Å². The minimum atomic E-state index is -5.13. The lowest BCUT2D eigenvalue weighted by Gasteiger charge is -2.42. The third-order valence-corrected chi connectivity index (χ3v) is 5.69. The molecule has 1 heterocycles. The van der Waals surface area contributed by atoms with Crippen LogP contribution in [0.3, 0.4) is 0 Å². The Labute approximate surface area is 178 Å². The van der Waals surface area contributed by atoms with Gasteiger partial charge in [-0.15, -0.1) is 13.2 Å². The number of nitrogens with one attached hydrogen (secondary N) is 2. The molecule has 3 rings (SSSR count). The van der Waals surface area contributed by atoms with Crippen molar-refractivity contribution >= 4 is 11.9 Å². The Hall–Kier alpha value is -2.73. The van der Waals surface area contributed by atoms with E-state index in [4.69, 9.17) is 0 Å². The maximum Gasteiger partial charge on any atom is 0.573 e. The zero-order valence-corrected chi connectivity index (χ0v) is 16.7. The minimum absolute atomic E-state index is 0.00915. The average Bonchev–Trinajstić information content (AvgIpc) is 2.61. The zero-order valence-electron chi connectivity index (χ0n) is 16.7.